The van der Waals surface area contributed by atoms with Gasteiger partial charge in [0.1, 0.15) is 5.76 Å². The third-order valence-electron chi connectivity index (χ3n) is 4.61. The fourth-order valence-corrected chi connectivity index (χ4v) is 3.72. The third-order valence-corrected chi connectivity index (χ3v) is 4.61. The van der Waals surface area contributed by atoms with E-state index in [-0.39, 0.29) is 5.41 Å². The van der Waals surface area contributed by atoms with Gasteiger partial charge in [0, 0.05) is 11.8 Å². The molecule has 0 amide bonds. The van der Waals surface area contributed by atoms with E-state index in [4.69, 9.17) is 4.42 Å². The van der Waals surface area contributed by atoms with Gasteiger partial charge in [0.15, 0.2) is 5.89 Å². The molecule has 0 saturated heterocycles. The highest BCUT2D eigenvalue weighted by Gasteiger charge is 2.39. The van der Waals surface area contributed by atoms with E-state index in [1.807, 2.05) is 6.20 Å². The van der Waals surface area contributed by atoms with Crippen molar-refractivity contribution in [3.8, 4) is 0 Å². The van der Waals surface area contributed by atoms with Crippen LogP contribution in [0, 0.1) is 5.92 Å². The van der Waals surface area contributed by atoms with Crippen LogP contribution in [0.1, 0.15) is 77.4 Å². The molecule has 0 unspecified atom stereocenters. The van der Waals surface area contributed by atoms with E-state index in [1.54, 1.807) is 0 Å². The molecule has 1 aliphatic carbocycles. The van der Waals surface area contributed by atoms with E-state index in [0.717, 1.165) is 43.5 Å². The van der Waals surface area contributed by atoms with Crippen molar-refractivity contribution in [3.63, 3.8) is 0 Å². The molecule has 0 aromatic carbocycles. The Labute approximate surface area is 129 Å². The molecule has 0 spiro atoms. The molecule has 1 heterocycles. The maximum Gasteiger partial charge on any atom is 0.194 e. The lowest BCUT2D eigenvalue weighted by Crippen LogP contribution is -2.23. The second-order valence-corrected chi connectivity index (χ2v) is 7.06. The van der Waals surface area contributed by atoms with Gasteiger partial charge in [-0.3, -0.25) is 0 Å². The number of nitrogens with one attached hydrogen (secondary N) is 1. The highest BCUT2D eigenvalue weighted by Crippen LogP contribution is 2.45. The van der Waals surface area contributed by atoms with Crippen molar-refractivity contribution in [2.45, 2.75) is 77.6 Å². The van der Waals surface area contributed by atoms with Crippen molar-refractivity contribution in [2.75, 3.05) is 13.1 Å². The molecule has 120 valence electrons. The molecule has 1 aliphatic rings. The fraction of sp³-hybridized carbons (Fsp3) is 0.833. The number of hydrogen-bond acceptors (Lipinski definition) is 3. The van der Waals surface area contributed by atoms with Crippen molar-refractivity contribution >= 4 is 0 Å². The van der Waals surface area contributed by atoms with Crippen LogP contribution >= 0.6 is 0 Å². The van der Waals surface area contributed by atoms with Crippen molar-refractivity contribution in [2.24, 2.45) is 5.92 Å². The normalized spacial score (nSPS) is 17.7. The minimum Gasteiger partial charge on any atom is -0.445 e. The number of hydrogen-bond donors (Lipinski definition) is 1. The number of oxazole rings is 1. The summed E-state index contributed by atoms with van der Waals surface area (Å²) < 4.78 is 6.14. The minimum atomic E-state index is 0.278. The van der Waals surface area contributed by atoms with Gasteiger partial charge in [-0.1, -0.05) is 33.6 Å². The first-order chi connectivity index (χ1) is 10.2. The van der Waals surface area contributed by atoms with Gasteiger partial charge in [0.05, 0.1) is 6.20 Å². The Kier molecular flexibility index (Phi) is 6.28. The molecular weight excluding hydrogens is 260 g/mol. The molecule has 1 saturated carbocycles. The second kappa shape index (κ2) is 7.98. The third kappa shape index (κ3) is 4.57. The molecule has 1 aromatic heterocycles. The molecular formula is C18H32N2O. The molecule has 3 heteroatoms. The average Bonchev–Trinajstić information content (AvgIpc) is 3.08. The smallest absolute Gasteiger partial charge is 0.194 e. The van der Waals surface area contributed by atoms with E-state index < -0.39 is 0 Å². The molecule has 1 fully saturated rings. The highest BCUT2D eigenvalue weighted by molar-refractivity contribution is 5.14. The summed E-state index contributed by atoms with van der Waals surface area (Å²) in [6.07, 6.45) is 11.7. The summed E-state index contributed by atoms with van der Waals surface area (Å²) in [4.78, 5) is 4.54. The predicted octanol–water partition coefficient (Wildman–Crippen LogP) is 4.46. The zero-order chi connectivity index (χ0) is 15.1. The van der Waals surface area contributed by atoms with Crippen molar-refractivity contribution in [1.29, 1.82) is 0 Å². The molecule has 3 nitrogen and oxygen atoms in total. The van der Waals surface area contributed by atoms with Crippen LogP contribution in [0.4, 0.5) is 0 Å². The van der Waals surface area contributed by atoms with Crippen LogP contribution in [-0.2, 0) is 11.8 Å². The molecule has 1 aromatic rings. The first-order valence-electron chi connectivity index (χ1n) is 8.82. The predicted molar refractivity (Wildman–Crippen MR) is 87.6 cm³/mol. The standard InChI is InChI=1S/C18H32N2O/c1-4-11-19-12-7-8-17-20-14-16(21-17)18(13-15(2)3)9-5-6-10-18/h14-15,19H,4-13H2,1-3H3. The van der Waals surface area contributed by atoms with Gasteiger partial charge >= 0.3 is 0 Å². The van der Waals surface area contributed by atoms with Crippen LogP contribution in [-0.4, -0.2) is 18.1 Å². The molecule has 1 N–H and O–H groups in total. The van der Waals surface area contributed by atoms with E-state index in [1.165, 1.54) is 38.5 Å². The topological polar surface area (TPSA) is 38.1 Å². The molecule has 0 bridgehead atoms. The lowest BCUT2D eigenvalue weighted by molar-refractivity contribution is 0.276. The van der Waals surface area contributed by atoms with Crippen LogP contribution < -0.4 is 5.32 Å². The van der Waals surface area contributed by atoms with Gasteiger partial charge in [0.25, 0.3) is 0 Å². The Balaban J connectivity index is 1.91. The van der Waals surface area contributed by atoms with E-state index in [0.29, 0.717) is 0 Å². The van der Waals surface area contributed by atoms with Crippen LogP contribution in [0.25, 0.3) is 0 Å². The zero-order valence-corrected chi connectivity index (χ0v) is 14.1. The van der Waals surface area contributed by atoms with Crippen LogP contribution in [0.5, 0.6) is 0 Å². The number of aromatic nitrogens is 1. The molecule has 0 radical (unpaired) electrons. The Morgan fingerprint density at radius 2 is 2.05 bits per heavy atom. The summed E-state index contributed by atoms with van der Waals surface area (Å²) in [5.41, 5.74) is 0.278. The number of rotatable bonds is 9. The van der Waals surface area contributed by atoms with E-state index in [2.05, 4.69) is 31.1 Å². The van der Waals surface area contributed by atoms with E-state index in [9.17, 15) is 0 Å². The number of nitrogens with zero attached hydrogens (tertiary/aromatic N) is 1. The van der Waals surface area contributed by atoms with Crippen molar-refractivity contribution in [3.05, 3.63) is 17.8 Å². The van der Waals surface area contributed by atoms with Gasteiger partial charge in [-0.05, 0) is 51.1 Å². The Bertz CT molecular complexity index is 405. The Morgan fingerprint density at radius 3 is 2.71 bits per heavy atom. The number of aryl methyl sites for hydroxylation is 1. The first-order valence-corrected chi connectivity index (χ1v) is 8.82. The maximum atomic E-state index is 6.14. The minimum absolute atomic E-state index is 0.278. The van der Waals surface area contributed by atoms with Gasteiger partial charge in [-0.25, -0.2) is 4.98 Å². The van der Waals surface area contributed by atoms with Gasteiger partial charge in [0.2, 0.25) is 0 Å². The fourth-order valence-electron chi connectivity index (χ4n) is 3.72. The molecule has 0 aliphatic heterocycles. The highest BCUT2D eigenvalue weighted by atomic mass is 16.4. The summed E-state index contributed by atoms with van der Waals surface area (Å²) >= 11 is 0. The monoisotopic (exact) mass is 292 g/mol. The van der Waals surface area contributed by atoms with Crippen molar-refractivity contribution in [1.82, 2.24) is 10.3 Å². The van der Waals surface area contributed by atoms with Crippen molar-refractivity contribution < 1.29 is 4.42 Å². The molecule has 2 rings (SSSR count). The summed E-state index contributed by atoms with van der Waals surface area (Å²) in [6, 6.07) is 0. The summed E-state index contributed by atoms with van der Waals surface area (Å²) in [5.74, 6) is 2.80. The first kappa shape index (κ1) is 16.5. The average molecular weight is 292 g/mol. The quantitative estimate of drug-likeness (QED) is 0.683. The SMILES string of the molecule is CCCNCCCc1ncc(C2(CC(C)C)CCCC2)o1. The maximum absolute atomic E-state index is 6.14. The summed E-state index contributed by atoms with van der Waals surface area (Å²) in [6.45, 7) is 8.99. The van der Waals surface area contributed by atoms with Gasteiger partial charge < -0.3 is 9.73 Å². The second-order valence-electron chi connectivity index (χ2n) is 7.06. The summed E-state index contributed by atoms with van der Waals surface area (Å²) in [7, 11) is 0. The Morgan fingerprint density at radius 1 is 1.29 bits per heavy atom. The molecule has 21 heavy (non-hydrogen) atoms. The van der Waals surface area contributed by atoms with Crippen LogP contribution in [0.15, 0.2) is 10.6 Å². The van der Waals surface area contributed by atoms with Gasteiger partial charge in [-0.2, -0.15) is 0 Å². The van der Waals surface area contributed by atoms with E-state index >= 15 is 0 Å². The van der Waals surface area contributed by atoms with Crippen LogP contribution in [0.3, 0.4) is 0 Å². The largest absolute Gasteiger partial charge is 0.445 e. The van der Waals surface area contributed by atoms with Gasteiger partial charge in [-0.15, -0.1) is 0 Å². The molecule has 0 atom stereocenters. The Hall–Kier alpha value is -0.830. The zero-order valence-electron chi connectivity index (χ0n) is 14.1. The lowest BCUT2D eigenvalue weighted by Gasteiger charge is -2.28. The lowest BCUT2D eigenvalue weighted by atomic mass is 9.77. The summed E-state index contributed by atoms with van der Waals surface area (Å²) in [5, 5.41) is 3.43. The van der Waals surface area contributed by atoms with Crippen LogP contribution in [0.2, 0.25) is 0 Å².